The highest BCUT2D eigenvalue weighted by Gasteiger charge is 2.34. The fraction of sp³-hybridized carbons (Fsp3) is 0.500. The quantitative estimate of drug-likeness (QED) is 0.895. The first-order chi connectivity index (χ1) is 8.48. The van der Waals surface area contributed by atoms with Crippen molar-refractivity contribution in [1.29, 1.82) is 0 Å². The molecular weight excluding hydrogens is 257 g/mol. The molecule has 1 aromatic carbocycles. The Balaban J connectivity index is 2.18. The van der Waals surface area contributed by atoms with Gasteiger partial charge in [-0.05, 0) is 24.5 Å². The van der Waals surface area contributed by atoms with Crippen LogP contribution in [0.2, 0.25) is 0 Å². The van der Waals surface area contributed by atoms with Gasteiger partial charge in [-0.1, -0.05) is 18.2 Å². The molecule has 0 bridgehead atoms. The maximum Gasteiger partial charge on any atom is 0.212 e. The number of nitrogens with two attached hydrogens (primary N) is 1. The number of primary sulfonamides is 1. The first kappa shape index (κ1) is 13.5. The van der Waals surface area contributed by atoms with Crippen molar-refractivity contribution in [1.82, 2.24) is 0 Å². The van der Waals surface area contributed by atoms with Crippen molar-refractivity contribution in [2.24, 2.45) is 11.1 Å². The number of hydrogen-bond donors (Lipinski definition) is 1. The van der Waals surface area contributed by atoms with Gasteiger partial charge in [0.25, 0.3) is 0 Å². The lowest BCUT2D eigenvalue weighted by molar-refractivity contribution is 0.0570. The third kappa shape index (κ3) is 3.07. The van der Waals surface area contributed by atoms with Gasteiger partial charge in [0.2, 0.25) is 10.0 Å². The van der Waals surface area contributed by atoms with E-state index in [1.165, 1.54) is 6.07 Å². The molecule has 18 heavy (non-hydrogen) atoms. The summed E-state index contributed by atoms with van der Waals surface area (Å²) in [5.74, 6) is -0.609. The molecule has 0 spiro atoms. The Morgan fingerprint density at radius 2 is 2.11 bits per heavy atom. The largest absolute Gasteiger partial charge is 0.381 e. The monoisotopic (exact) mass is 273 g/mol. The minimum atomic E-state index is -3.61. The van der Waals surface area contributed by atoms with Gasteiger partial charge in [0.05, 0.1) is 11.9 Å². The fourth-order valence-electron chi connectivity index (χ4n) is 2.35. The molecule has 0 amide bonds. The Hall–Kier alpha value is -0.980. The van der Waals surface area contributed by atoms with Crippen LogP contribution in [0.4, 0.5) is 4.39 Å². The van der Waals surface area contributed by atoms with E-state index >= 15 is 0 Å². The number of hydrogen-bond acceptors (Lipinski definition) is 3. The van der Waals surface area contributed by atoms with Crippen LogP contribution in [0.5, 0.6) is 0 Å². The van der Waals surface area contributed by atoms with E-state index in [0.717, 1.165) is 0 Å². The molecule has 0 unspecified atom stereocenters. The van der Waals surface area contributed by atoms with Gasteiger partial charge >= 0.3 is 0 Å². The second-order valence-electron chi connectivity index (χ2n) is 4.55. The summed E-state index contributed by atoms with van der Waals surface area (Å²) in [7, 11) is -3.61. The van der Waals surface area contributed by atoms with Gasteiger partial charge in [-0.3, -0.25) is 0 Å². The molecule has 0 aromatic heterocycles. The molecular formula is C12H16FNO3S. The van der Waals surface area contributed by atoms with E-state index in [4.69, 9.17) is 9.88 Å². The van der Waals surface area contributed by atoms with Gasteiger partial charge in [-0.2, -0.15) is 0 Å². The predicted molar refractivity (Wildman–Crippen MR) is 65.9 cm³/mol. The number of rotatable bonds is 3. The van der Waals surface area contributed by atoms with Crippen LogP contribution in [0.25, 0.3) is 0 Å². The van der Waals surface area contributed by atoms with E-state index in [0.29, 0.717) is 31.6 Å². The minimum Gasteiger partial charge on any atom is -0.381 e. The van der Waals surface area contributed by atoms with Gasteiger partial charge in [0.1, 0.15) is 5.82 Å². The first-order valence-corrected chi connectivity index (χ1v) is 7.42. The molecule has 2 N–H and O–H groups in total. The molecule has 100 valence electrons. The van der Waals surface area contributed by atoms with Gasteiger partial charge < -0.3 is 4.74 Å². The highest BCUT2D eigenvalue weighted by molar-refractivity contribution is 7.89. The number of ether oxygens (including phenoxy) is 1. The second kappa shape index (κ2) is 5.34. The highest BCUT2D eigenvalue weighted by atomic mass is 32.2. The summed E-state index contributed by atoms with van der Waals surface area (Å²) < 4.78 is 41.8. The van der Waals surface area contributed by atoms with Crippen molar-refractivity contribution in [3.05, 3.63) is 35.6 Å². The van der Waals surface area contributed by atoms with Crippen LogP contribution in [0.15, 0.2) is 24.3 Å². The lowest BCUT2D eigenvalue weighted by Crippen LogP contribution is -2.42. The summed E-state index contributed by atoms with van der Waals surface area (Å²) in [5.41, 5.74) is 0.502. The zero-order chi connectivity index (χ0) is 13.2. The highest BCUT2D eigenvalue weighted by Crippen LogP contribution is 2.25. The molecule has 0 radical (unpaired) electrons. The van der Waals surface area contributed by atoms with Crippen molar-refractivity contribution in [3.63, 3.8) is 0 Å². The van der Waals surface area contributed by atoms with Crippen LogP contribution in [0.1, 0.15) is 12.0 Å². The minimum absolute atomic E-state index is 0.286. The van der Waals surface area contributed by atoms with Crippen LogP contribution < -0.4 is 5.14 Å². The Bertz CT molecular complexity index is 518. The second-order valence-corrected chi connectivity index (χ2v) is 6.33. The third-order valence-corrected chi connectivity index (χ3v) is 4.73. The van der Waals surface area contributed by atoms with Crippen molar-refractivity contribution in [3.8, 4) is 0 Å². The standard InChI is InChI=1S/C12H16FNO3S/c13-11-4-2-1-3-9(11)7-10-8-17-6-5-12(10)18(14,15)16/h1-4,10,12H,5-8H2,(H2,14,15,16)/t10-,12-/m1/s1. The van der Waals surface area contributed by atoms with Crippen molar-refractivity contribution < 1.29 is 17.5 Å². The Morgan fingerprint density at radius 3 is 2.78 bits per heavy atom. The van der Waals surface area contributed by atoms with Gasteiger partial charge in [0, 0.05) is 12.5 Å². The average Bonchev–Trinajstić information content (AvgIpc) is 2.31. The molecule has 2 atom stereocenters. The van der Waals surface area contributed by atoms with Crippen LogP contribution in [-0.4, -0.2) is 26.9 Å². The maximum absolute atomic E-state index is 13.5. The summed E-state index contributed by atoms with van der Waals surface area (Å²) >= 11 is 0. The smallest absolute Gasteiger partial charge is 0.212 e. The zero-order valence-corrected chi connectivity index (χ0v) is 10.7. The Kier molecular flexibility index (Phi) is 3.99. The SMILES string of the molecule is NS(=O)(=O)[C@@H]1CCOC[C@H]1Cc1ccccc1F. The van der Waals surface area contributed by atoms with E-state index in [2.05, 4.69) is 0 Å². The van der Waals surface area contributed by atoms with E-state index in [-0.39, 0.29) is 11.7 Å². The van der Waals surface area contributed by atoms with Gasteiger partial charge in [-0.15, -0.1) is 0 Å². The summed E-state index contributed by atoms with van der Waals surface area (Å²) in [5, 5.41) is 4.57. The summed E-state index contributed by atoms with van der Waals surface area (Å²) in [4.78, 5) is 0. The lowest BCUT2D eigenvalue weighted by Gasteiger charge is -2.30. The normalized spacial score (nSPS) is 25.0. The van der Waals surface area contributed by atoms with Crippen LogP contribution in [-0.2, 0) is 21.2 Å². The molecule has 1 aliphatic heterocycles. The molecule has 1 aromatic rings. The summed E-state index contributed by atoms with van der Waals surface area (Å²) in [6.07, 6.45) is 0.700. The van der Waals surface area contributed by atoms with Gasteiger partial charge in [0.15, 0.2) is 0 Å². The molecule has 1 heterocycles. The van der Waals surface area contributed by atoms with Crippen molar-refractivity contribution in [2.45, 2.75) is 18.1 Å². The Morgan fingerprint density at radius 1 is 1.39 bits per heavy atom. The summed E-state index contributed by atoms with van der Waals surface area (Å²) in [6.45, 7) is 0.685. The topological polar surface area (TPSA) is 69.4 Å². The van der Waals surface area contributed by atoms with E-state index in [9.17, 15) is 12.8 Å². The van der Waals surface area contributed by atoms with E-state index in [1.807, 2.05) is 0 Å². The van der Waals surface area contributed by atoms with E-state index < -0.39 is 15.3 Å². The average molecular weight is 273 g/mol. The lowest BCUT2D eigenvalue weighted by atomic mass is 9.93. The van der Waals surface area contributed by atoms with Crippen molar-refractivity contribution in [2.75, 3.05) is 13.2 Å². The Labute approximate surface area is 106 Å². The maximum atomic E-state index is 13.5. The molecule has 1 fully saturated rings. The molecule has 4 nitrogen and oxygen atoms in total. The zero-order valence-electron chi connectivity index (χ0n) is 9.88. The number of sulfonamides is 1. The molecule has 1 saturated heterocycles. The number of benzene rings is 1. The fourth-order valence-corrected chi connectivity index (χ4v) is 3.48. The number of halogens is 1. The summed E-state index contributed by atoms with van der Waals surface area (Å²) in [6, 6.07) is 6.36. The molecule has 1 aliphatic rings. The molecule has 0 saturated carbocycles. The van der Waals surface area contributed by atoms with Crippen LogP contribution >= 0.6 is 0 Å². The third-order valence-electron chi connectivity index (χ3n) is 3.27. The molecule has 2 rings (SSSR count). The van der Waals surface area contributed by atoms with Crippen LogP contribution in [0, 0.1) is 11.7 Å². The first-order valence-electron chi connectivity index (χ1n) is 5.81. The van der Waals surface area contributed by atoms with Crippen molar-refractivity contribution >= 4 is 10.0 Å². The molecule has 0 aliphatic carbocycles. The van der Waals surface area contributed by atoms with Gasteiger partial charge in [-0.25, -0.2) is 17.9 Å². The van der Waals surface area contributed by atoms with E-state index in [1.54, 1.807) is 18.2 Å². The van der Waals surface area contributed by atoms with Crippen LogP contribution in [0.3, 0.4) is 0 Å². The molecule has 6 heteroatoms. The predicted octanol–water partition coefficient (Wildman–Crippen LogP) is 1.06.